The van der Waals surface area contributed by atoms with Crippen LogP contribution in [-0.2, 0) is 0 Å². The van der Waals surface area contributed by atoms with Crippen LogP contribution in [0.5, 0.6) is 0 Å². The molecule has 1 fully saturated rings. The number of nitrogens with one attached hydrogen (secondary N) is 2. The van der Waals surface area contributed by atoms with Crippen molar-refractivity contribution in [2.45, 2.75) is 12.8 Å². The van der Waals surface area contributed by atoms with Gasteiger partial charge in [0, 0.05) is 36.6 Å². The zero-order chi connectivity index (χ0) is 10.7. The third kappa shape index (κ3) is 2.07. The van der Waals surface area contributed by atoms with Crippen molar-refractivity contribution < 1.29 is 0 Å². The molecule has 80 valence electrons. The Kier molecular flexibility index (Phi) is 2.82. The molecule has 2 rings (SSSR count). The predicted octanol–water partition coefficient (Wildman–Crippen LogP) is 0.414. The van der Waals surface area contributed by atoms with Gasteiger partial charge in [-0.25, -0.2) is 4.68 Å². The molecular formula is C10H15N5. The molecular weight excluding hydrogens is 190 g/mol. The highest BCUT2D eigenvalue weighted by atomic mass is 15.3. The molecule has 0 spiro atoms. The smallest absolute Gasteiger partial charge is 0.129 e. The molecule has 0 unspecified atom stereocenters. The maximum absolute atomic E-state index is 7.90. The number of nitrogens with two attached hydrogens (primary N) is 1. The number of hydrogen-bond acceptors (Lipinski definition) is 4. The molecule has 0 atom stereocenters. The van der Waals surface area contributed by atoms with E-state index in [-0.39, 0.29) is 0 Å². The van der Waals surface area contributed by atoms with Gasteiger partial charge in [0.1, 0.15) is 5.82 Å². The van der Waals surface area contributed by atoms with Crippen molar-refractivity contribution in [1.82, 2.24) is 15.1 Å². The molecule has 0 aromatic carbocycles. The number of hydrogen-bond donors (Lipinski definition) is 3. The highest BCUT2D eigenvalue weighted by molar-refractivity contribution is 6.02. The number of rotatable bonds is 1. The van der Waals surface area contributed by atoms with E-state index < -0.39 is 0 Å². The molecule has 0 saturated carbocycles. The van der Waals surface area contributed by atoms with Crippen LogP contribution in [0.15, 0.2) is 24.0 Å². The van der Waals surface area contributed by atoms with E-state index in [1.165, 1.54) is 0 Å². The molecule has 1 saturated heterocycles. The van der Waals surface area contributed by atoms with E-state index in [1.807, 2.05) is 6.07 Å². The molecule has 0 bridgehead atoms. The molecule has 5 heteroatoms. The van der Waals surface area contributed by atoms with E-state index in [9.17, 15) is 0 Å². The average Bonchev–Trinajstić information content (AvgIpc) is 2.68. The van der Waals surface area contributed by atoms with Gasteiger partial charge in [0.25, 0.3) is 0 Å². The molecule has 5 nitrogen and oxygen atoms in total. The lowest BCUT2D eigenvalue weighted by Crippen LogP contribution is -2.15. The summed E-state index contributed by atoms with van der Waals surface area (Å²) < 4.78 is 1.62. The van der Waals surface area contributed by atoms with Crippen LogP contribution in [0.1, 0.15) is 12.8 Å². The van der Waals surface area contributed by atoms with Crippen LogP contribution < -0.4 is 11.1 Å². The first-order chi connectivity index (χ1) is 7.29. The van der Waals surface area contributed by atoms with Crippen LogP contribution in [0.25, 0.3) is 5.82 Å². The van der Waals surface area contributed by atoms with Gasteiger partial charge in [0.2, 0.25) is 0 Å². The molecule has 1 aliphatic rings. The summed E-state index contributed by atoms with van der Waals surface area (Å²) in [5.41, 5.74) is 7.51. The lowest BCUT2D eigenvalue weighted by Gasteiger charge is -2.09. The molecule has 1 aromatic heterocycles. The van der Waals surface area contributed by atoms with Crippen molar-refractivity contribution in [3.05, 3.63) is 24.0 Å². The molecule has 1 aromatic rings. The SMILES string of the molecule is N=C1CCNCC/C1=C(\N)n1cccn1. The van der Waals surface area contributed by atoms with Crippen molar-refractivity contribution in [2.24, 2.45) is 5.73 Å². The summed E-state index contributed by atoms with van der Waals surface area (Å²) >= 11 is 0. The summed E-state index contributed by atoms with van der Waals surface area (Å²) in [7, 11) is 0. The topological polar surface area (TPSA) is 79.7 Å². The summed E-state index contributed by atoms with van der Waals surface area (Å²) in [6.07, 6.45) is 5.02. The van der Waals surface area contributed by atoms with E-state index in [2.05, 4.69) is 10.4 Å². The molecule has 1 aliphatic heterocycles. The van der Waals surface area contributed by atoms with Gasteiger partial charge in [-0.15, -0.1) is 0 Å². The van der Waals surface area contributed by atoms with Gasteiger partial charge in [-0.2, -0.15) is 5.10 Å². The van der Waals surface area contributed by atoms with E-state index >= 15 is 0 Å². The van der Waals surface area contributed by atoms with Crippen molar-refractivity contribution >= 4 is 11.5 Å². The average molecular weight is 205 g/mol. The Morgan fingerprint density at radius 1 is 1.47 bits per heavy atom. The number of nitrogens with zero attached hydrogens (tertiary/aromatic N) is 2. The van der Waals surface area contributed by atoms with Gasteiger partial charge in [-0.05, 0) is 19.0 Å². The largest absolute Gasteiger partial charge is 0.383 e. The first-order valence-electron chi connectivity index (χ1n) is 5.06. The highest BCUT2D eigenvalue weighted by Gasteiger charge is 2.14. The Balaban J connectivity index is 2.33. The zero-order valence-corrected chi connectivity index (χ0v) is 8.53. The Labute approximate surface area is 88.5 Å². The summed E-state index contributed by atoms with van der Waals surface area (Å²) in [5, 5.41) is 15.2. The maximum Gasteiger partial charge on any atom is 0.129 e. The third-order valence-corrected chi connectivity index (χ3v) is 2.53. The number of aromatic nitrogens is 2. The van der Waals surface area contributed by atoms with Crippen LogP contribution in [0.2, 0.25) is 0 Å². The second-order valence-corrected chi connectivity index (χ2v) is 3.54. The van der Waals surface area contributed by atoms with Crippen LogP contribution >= 0.6 is 0 Å². The minimum atomic E-state index is 0.578. The normalized spacial score (nSPS) is 21.2. The zero-order valence-electron chi connectivity index (χ0n) is 8.53. The maximum atomic E-state index is 7.90. The van der Waals surface area contributed by atoms with E-state index in [1.54, 1.807) is 17.1 Å². The van der Waals surface area contributed by atoms with Gasteiger partial charge < -0.3 is 16.5 Å². The molecule has 0 amide bonds. The van der Waals surface area contributed by atoms with Gasteiger partial charge in [0.15, 0.2) is 0 Å². The van der Waals surface area contributed by atoms with Crippen molar-refractivity contribution in [2.75, 3.05) is 13.1 Å². The van der Waals surface area contributed by atoms with Crippen molar-refractivity contribution in [3.8, 4) is 0 Å². The monoisotopic (exact) mass is 205 g/mol. The van der Waals surface area contributed by atoms with E-state index in [4.69, 9.17) is 11.1 Å². The summed E-state index contributed by atoms with van der Waals surface area (Å²) in [5.74, 6) is 0.578. The fraction of sp³-hybridized carbons (Fsp3) is 0.400. The van der Waals surface area contributed by atoms with Gasteiger partial charge in [-0.3, -0.25) is 0 Å². The molecule has 4 N–H and O–H groups in total. The minimum absolute atomic E-state index is 0.578. The molecule has 0 aliphatic carbocycles. The minimum Gasteiger partial charge on any atom is -0.383 e. The van der Waals surface area contributed by atoms with Crippen LogP contribution in [0.4, 0.5) is 0 Å². The molecule has 15 heavy (non-hydrogen) atoms. The van der Waals surface area contributed by atoms with E-state index in [0.29, 0.717) is 11.5 Å². The highest BCUT2D eigenvalue weighted by Crippen LogP contribution is 2.13. The summed E-state index contributed by atoms with van der Waals surface area (Å²) in [6.45, 7) is 1.73. The lowest BCUT2D eigenvalue weighted by atomic mass is 10.1. The van der Waals surface area contributed by atoms with Crippen molar-refractivity contribution in [1.29, 1.82) is 5.41 Å². The van der Waals surface area contributed by atoms with E-state index in [0.717, 1.165) is 31.5 Å². The first kappa shape index (κ1) is 9.92. The Bertz CT molecular complexity index is 377. The van der Waals surface area contributed by atoms with Crippen LogP contribution in [-0.4, -0.2) is 28.6 Å². The second-order valence-electron chi connectivity index (χ2n) is 3.54. The fourth-order valence-corrected chi connectivity index (χ4v) is 1.69. The third-order valence-electron chi connectivity index (χ3n) is 2.53. The standard InChI is InChI=1S/C10H15N5/c11-9-3-6-13-5-2-8(9)10(12)15-7-1-4-14-15/h1,4,7,11,13H,2-3,5-6,12H2/b10-8-,11-9?. The Morgan fingerprint density at radius 3 is 3.00 bits per heavy atom. The Hall–Kier alpha value is -1.62. The fourth-order valence-electron chi connectivity index (χ4n) is 1.69. The first-order valence-corrected chi connectivity index (χ1v) is 5.06. The second kappa shape index (κ2) is 4.27. The molecule has 2 heterocycles. The van der Waals surface area contributed by atoms with Gasteiger partial charge >= 0.3 is 0 Å². The quantitative estimate of drug-likeness (QED) is 0.621. The Morgan fingerprint density at radius 2 is 2.27 bits per heavy atom. The molecule has 0 radical (unpaired) electrons. The van der Waals surface area contributed by atoms with Gasteiger partial charge in [-0.1, -0.05) is 0 Å². The lowest BCUT2D eigenvalue weighted by molar-refractivity contribution is 0.720. The predicted molar refractivity (Wildman–Crippen MR) is 59.5 cm³/mol. The summed E-state index contributed by atoms with van der Waals surface area (Å²) in [6, 6.07) is 1.83. The van der Waals surface area contributed by atoms with Crippen LogP contribution in [0, 0.1) is 5.41 Å². The van der Waals surface area contributed by atoms with Crippen molar-refractivity contribution in [3.63, 3.8) is 0 Å². The summed E-state index contributed by atoms with van der Waals surface area (Å²) in [4.78, 5) is 0. The van der Waals surface area contributed by atoms with Gasteiger partial charge in [0.05, 0.1) is 0 Å². The van der Waals surface area contributed by atoms with Crippen LogP contribution in [0.3, 0.4) is 0 Å².